The third-order valence-corrected chi connectivity index (χ3v) is 5.73. The first-order valence-electron chi connectivity index (χ1n) is 10.1. The molecule has 0 aliphatic heterocycles. The maximum Gasteiger partial charge on any atom is 0.268 e. The lowest BCUT2D eigenvalue weighted by Crippen LogP contribution is -2.28. The molecule has 2 aromatic carbocycles. The molecule has 0 aliphatic rings. The van der Waals surface area contributed by atoms with E-state index in [9.17, 15) is 14.4 Å². The van der Waals surface area contributed by atoms with Gasteiger partial charge in [0.25, 0.3) is 17.7 Å². The monoisotopic (exact) mass is 456 g/mol. The number of nitrogens with zero attached hydrogens (tertiary/aromatic N) is 2. The molecule has 0 saturated carbocycles. The second-order valence-electron chi connectivity index (χ2n) is 7.08. The van der Waals surface area contributed by atoms with E-state index >= 15 is 0 Å². The van der Waals surface area contributed by atoms with Crippen LogP contribution in [-0.4, -0.2) is 29.8 Å². The highest BCUT2D eigenvalue weighted by atomic mass is 32.1. The van der Waals surface area contributed by atoms with E-state index in [4.69, 9.17) is 0 Å². The summed E-state index contributed by atoms with van der Waals surface area (Å²) < 4.78 is 0. The second-order valence-corrected chi connectivity index (χ2v) is 8.03. The molecule has 7 nitrogen and oxygen atoms in total. The van der Waals surface area contributed by atoms with Gasteiger partial charge in [-0.05, 0) is 53.9 Å². The number of carbonyl (C=O) groups excluding carboxylic acids is 3. The number of anilines is 3. The molecule has 4 aromatic rings. The molecule has 2 heterocycles. The lowest BCUT2D eigenvalue weighted by molar-refractivity contribution is 0.0994. The first-order chi connectivity index (χ1) is 16.0. The summed E-state index contributed by atoms with van der Waals surface area (Å²) in [5.41, 5.74) is 2.38. The maximum absolute atomic E-state index is 13.1. The minimum atomic E-state index is -0.367. The standard InChI is InChI=1S/C25H20N4O3S/c1-29(25(32)22-10-5-15-33-22)21-9-3-2-8-20(21)24(31)28-19-7-4-6-18(16-19)27-23(30)17-11-13-26-14-12-17/h2-16H,1H3,(H,27,30)(H,28,31). The van der Waals surface area contributed by atoms with E-state index in [-0.39, 0.29) is 17.7 Å². The number of hydrogen-bond acceptors (Lipinski definition) is 5. The fourth-order valence-electron chi connectivity index (χ4n) is 3.21. The van der Waals surface area contributed by atoms with Crippen molar-refractivity contribution in [3.63, 3.8) is 0 Å². The molecule has 0 spiro atoms. The number of pyridine rings is 1. The Labute approximate surface area is 194 Å². The van der Waals surface area contributed by atoms with E-state index in [1.807, 2.05) is 11.4 Å². The summed E-state index contributed by atoms with van der Waals surface area (Å²) in [6.45, 7) is 0. The van der Waals surface area contributed by atoms with Crippen LogP contribution < -0.4 is 15.5 Å². The van der Waals surface area contributed by atoms with Gasteiger partial charge in [-0.25, -0.2) is 0 Å². The highest BCUT2D eigenvalue weighted by Gasteiger charge is 2.20. The summed E-state index contributed by atoms with van der Waals surface area (Å²) in [5.74, 6) is -0.833. The molecule has 0 bridgehead atoms. The fraction of sp³-hybridized carbons (Fsp3) is 0.0400. The zero-order chi connectivity index (χ0) is 23.2. The van der Waals surface area contributed by atoms with Crippen LogP contribution in [0.5, 0.6) is 0 Å². The molecule has 3 amide bonds. The lowest BCUT2D eigenvalue weighted by Gasteiger charge is -2.20. The molecule has 0 atom stereocenters. The smallest absolute Gasteiger partial charge is 0.268 e. The van der Waals surface area contributed by atoms with Crippen molar-refractivity contribution in [3.8, 4) is 0 Å². The predicted molar refractivity (Wildman–Crippen MR) is 130 cm³/mol. The van der Waals surface area contributed by atoms with E-state index in [0.717, 1.165) is 0 Å². The van der Waals surface area contributed by atoms with Gasteiger partial charge in [0.15, 0.2) is 0 Å². The second kappa shape index (κ2) is 9.88. The molecule has 2 aromatic heterocycles. The molecule has 0 saturated heterocycles. The number of hydrogen-bond donors (Lipinski definition) is 2. The Kier molecular flexibility index (Phi) is 6.56. The van der Waals surface area contributed by atoms with Crippen molar-refractivity contribution >= 4 is 46.1 Å². The highest BCUT2D eigenvalue weighted by Crippen LogP contribution is 2.24. The Morgan fingerprint density at radius 3 is 2.21 bits per heavy atom. The predicted octanol–water partition coefficient (Wildman–Crippen LogP) is 4.92. The fourth-order valence-corrected chi connectivity index (χ4v) is 3.91. The van der Waals surface area contributed by atoms with Gasteiger partial charge in [0.05, 0.1) is 16.1 Å². The largest absolute Gasteiger partial charge is 0.322 e. The zero-order valence-corrected chi connectivity index (χ0v) is 18.5. The van der Waals surface area contributed by atoms with Crippen LogP contribution >= 0.6 is 11.3 Å². The van der Waals surface area contributed by atoms with Crippen LogP contribution in [0.1, 0.15) is 30.4 Å². The van der Waals surface area contributed by atoms with Gasteiger partial charge in [-0.3, -0.25) is 19.4 Å². The number of benzene rings is 2. The SMILES string of the molecule is CN(C(=O)c1cccs1)c1ccccc1C(=O)Nc1cccc(NC(=O)c2ccncc2)c1. The number of amides is 3. The molecule has 0 fully saturated rings. The number of carbonyl (C=O) groups is 3. The van der Waals surface area contributed by atoms with E-state index in [1.165, 1.54) is 16.2 Å². The molecular weight excluding hydrogens is 436 g/mol. The number of nitrogens with one attached hydrogen (secondary N) is 2. The van der Waals surface area contributed by atoms with Gasteiger partial charge in [-0.15, -0.1) is 11.3 Å². The number of para-hydroxylation sites is 1. The minimum absolute atomic E-state index is 0.189. The average Bonchev–Trinajstić information content (AvgIpc) is 3.39. The molecule has 164 valence electrons. The minimum Gasteiger partial charge on any atom is -0.322 e. The third kappa shape index (κ3) is 5.13. The van der Waals surface area contributed by atoms with E-state index in [2.05, 4.69) is 15.6 Å². The quantitative estimate of drug-likeness (QED) is 0.431. The molecule has 8 heteroatoms. The molecule has 2 N–H and O–H groups in total. The van der Waals surface area contributed by atoms with E-state index < -0.39 is 0 Å². The number of thiophene rings is 1. The lowest BCUT2D eigenvalue weighted by atomic mass is 10.1. The van der Waals surface area contributed by atoms with Crippen LogP contribution in [0.25, 0.3) is 0 Å². The Balaban J connectivity index is 1.51. The summed E-state index contributed by atoms with van der Waals surface area (Å²) in [6.07, 6.45) is 3.09. The van der Waals surface area contributed by atoms with Crippen LogP contribution in [0, 0.1) is 0 Å². The topological polar surface area (TPSA) is 91.4 Å². The molecule has 0 unspecified atom stereocenters. The van der Waals surface area contributed by atoms with Crippen molar-refractivity contribution in [2.45, 2.75) is 0 Å². The molecular formula is C25H20N4O3S. The van der Waals surface area contributed by atoms with Gasteiger partial charge in [0.1, 0.15) is 0 Å². The molecule has 4 rings (SSSR count). The summed E-state index contributed by atoms with van der Waals surface area (Å²) in [4.78, 5) is 44.2. The van der Waals surface area contributed by atoms with Crippen molar-refractivity contribution in [3.05, 3.63) is 107 Å². The van der Waals surface area contributed by atoms with Crippen LogP contribution in [-0.2, 0) is 0 Å². The van der Waals surface area contributed by atoms with Gasteiger partial charge in [-0.2, -0.15) is 0 Å². The summed E-state index contributed by atoms with van der Waals surface area (Å²) in [7, 11) is 1.64. The van der Waals surface area contributed by atoms with Crippen molar-refractivity contribution in [1.29, 1.82) is 0 Å². The van der Waals surface area contributed by atoms with Crippen molar-refractivity contribution < 1.29 is 14.4 Å². The number of aromatic nitrogens is 1. The van der Waals surface area contributed by atoms with Gasteiger partial charge < -0.3 is 15.5 Å². The molecule has 33 heavy (non-hydrogen) atoms. The first-order valence-corrected chi connectivity index (χ1v) is 10.9. The normalized spacial score (nSPS) is 10.3. The van der Waals surface area contributed by atoms with Gasteiger partial charge in [-0.1, -0.05) is 24.3 Å². The molecule has 0 radical (unpaired) electrons. The maximum atomic E-state index is 13.1. The number of rotatable bonds is 6. The van der Waals surface area contributed by atoms with Gasteiger partial charge in [0, 0.05) is 36.4 Å². The van der Waals surface area contributed by atoms with E-state index in [0.29, 0.717) is 33.1 Å². The van der Waals surface area contributed by atoms with Crippen molar-refractivity contribution in [2.24, 2.45) is 0 Å². The first kappa shape index (κ1) is 21.9. The summed E-state index contributed by atoms with van der Waals surface area (Å²) in [5, 5.41) is 7.48. The van der Waals surface area contributed by atoms with Gasteiger partial charge in [0.2, 0.25) is 0 Å². The Morgan fingerprint density at radius 1 is 0.818 bits per heavy atom. The Morgan fingerprint density at radius 2 is 1.52 bits per heavy atom. The van der Waals surface area contributed by atoms with E-state index in [1.54, 1.807) is 86.2 Å². The summed E-state index contributed by atoms with van der Waals surface area (Å²) >= 11 is 1.35. The zero-order valence-electron chi connectivity index (χ0n) is 17.7. The average molecular weight is 457 g/mol. The van der Waals surface area contributed by atoms with Crippen LogP contribution in [0.15, 0.2) is 90.6 Å². The van der Waals surface area contributed by atoms with Crippen molar-refractivity contribution in [1.82, 2.24) is 4.98 Å². The Hall–Kier alpha value is -4.30. The Bertz CT molecular complexity index is 1290. The third-order valence-electron chi connectivity index (χ3n) is 4.87. The summed E-state index contributed by atoms with van der Waals surface area (Å²) in [6, 6.07) is 20.6. The van der Waals surface area contributed by atoms with Crippen LogP contribution in [0.2, 0.25) is 0 Å². The van der Waals surface area contributed by atoms with Crippen LogP contribution in [0.4, 0.5) is 17.1 Å². The van der Waals surface area contributed by atoms with Crippen LogP contribution in [0.3, 0.4) is 0 Å². The van der Waals surface area contributed by atoms with Gasteiger partial charge >= 0.3 is 0 Å². The molecule has 0 aliphatic carbocycles. The van der Waals surface area contributed by atoms with Crippen molar-refractivity contribution in [2.75, 3.05) is 22.6 Å². The highest BCUT2D eigenvalue weighted by molar-refractivity contribution is 7.12.